The fourth-order valence-electron chi connectivity index (χ4n) is 4.83. The van der Waals surface area contributed by atoms with E-state index in [0.717, 1.165) is 33.6 Å². The maximum Gasteiger partial charge on any atom is 0.291 e. The molecule has 0 fully saturated rings. The highest BCUT2D eigenvalue weighted by Gasteiger charge is 2.42. The number of nitrogens with zero attached hydrogens (tertiary/aromatic N) is 1. The maximum atomic E-state index is 13.8. The monoisotopic (exact) mass is 453 g/mol. The Balaban J connectivity index is 1.70. The van der Waals surface area contributed by atoms with E-state index >= 15 is 0 Å². The van der Waals surface area contributed by atoms with Gasteiger partial charge in [-0.25, -0.2) is 0 Å². The molecule has 0 aliphatic carbocycles. The lowest BCUT2D eigenvalue weighted by Crippen LogP contribution is -2.29. The Labute approximate surface area is 198 Å². The van der Waals surface area contributed by atoms with Crippen LogP contribution in [0.5, 0.6) is 5.75 Å². The molecule has 4 aromatic rings. The third-order valence-electron chi connectivity index (χ3n) is 6.39. The second-order valence-electron chi connectivity index (χ2n) is 8.95. The van der Waals surface area contributed by atoms with Gasteiger partial charge in [0.1, 0.15) is 11.3 Å². The molecule has 1 unspecified atom stereocenters. The van der Waals surface area contributed by atoms with E-state index in [0.29, 0.717) is 29.7 Å². The summed E-state index contributed by atoms with van der Waals surface area (Å²) in [6, 6.07) is 18.9. The van der Waals surface area contributed by atoms with Crippen LogP contribution in [0, 0.1) is 20.8 Å². The van der Waals surface area contributed by atoms with Gasteiger partial charge in [0.05, 0.1) is 23.6 Å². The predicted molar refractivity (Wildman–Crippen MR) is 132 cm³/mol. The number of carbonyl (C=O) groups is 1. The minimum absolute atomic E-state index is 0.133. The van der Waals surface area contributed by atoms with Gasteiger partial charge in [-0.1, -0.05) is 48.0 Å². The van der Waals surface area contributed by atoms with Crippen LogP contribution in [0.25, 0.3) is 11.0 Å². The molecule has 1 aliphatic heterocycles. The summed E-state index contributed by atoms with van der Waals surface area (Å²) in [7, 11) is 0. The first kappa shape index (κ1) is 22.0. The SMILES string of the molecule is CCOc1ccc(C2c3c(oc4cc(C)cc(C)c4c3=O)C(=O)N2Cc2ccc(C)cc2)cc1. The van der Waals surface area contributed by atoms with Crippen LogP contribution < -0.4 is 10.2 Å². The fraction of sp³-hybridized carbons (Fsp3) is 0.241. The number of rotatable bonds is 5. The number of hydrogen-bond donors (Lipinski definition) is 0. The Kier molecular flexibility index (Phi) is 5.48. The van der Waals surface area contributed by atoms with Gasteiger partial charge in [0.25, 0.3) is 5.91 Å². The van der Waals surface area contributed by atoms with Crippen LogP contribution in [0.3, 0.4) is 0 Å². The van der Waals surface area contributed by atoms with E-state index in [1.807, 2.05) is 88.4 Å². The summed E-state index contributed by atoms with van der Waals surface area (Å²) >= 11 is 0. The van der Waals surface area contributed by atoms with Crippen molar-refractivity contribution in [3.63, 3.8) is 0 Å². The van der Waals surface area contributed by atoms with Gasteiger partial charge in [-0.3, -0.25) is 9.59 Å². The number of carbonyl (C=O) groups excluding carboxylic acids is 1. The number of fused-ring (bicyclic) bond motifs is 2. The zero-order chi connectivity index (χ0) is 24.0. The van der Waals surface area contributed by atoms with Gasteiger partial charge < -0.3 is 14.1 Å². The number of amides is 1. The maximum absolute atomic E-state index is 13.8. The molecule has 34 heavy (non-hydrogen) atoms. The molecule has 0 N–H and O–H groups in total. The first-order valence-electron chi connectivity index (χ1n) is 11.5. The highest BCUT2D eigenvalue weighted by molar-refractivity contribution is 5.99. The van der Waals surface area contributed by atoms with Crippen molar-refractivity contribution in [1.29, 1.82) is 0 Å². The summed E-state index contributed by atoms with van der Waals surface area (Å²) < 4.78 is 11.7. The standard InChI is InChI=1S/C29H27NO4/c1-5-33-22-12-10-21(11-13-22)26-25-27(31)24-19(4)14-18(3)15-23(24)34-28(25)29(32)30(26)16-20-8-6-17(2)7-9-20/h6-15,26H,5,16H2,1-4H3. The topological polar surface area (TPSA) is 59.8 Å². The normalized spacial score (nSPS) is 15.1. The molecule has 172 valence electrons. The van der Waals surface area contributed by atoms with Crippen LogP contribution in [0.1, 0.15) is 56.9 Å². The smallest absolute Gasteiger partial charge is 0.291 e. The molecule has 0 saturated heterocycles. The molecule has 1 aromatic heterocycles. The number of aryl methyl sites for hydroxylation is 3. The summed E-state index contributed by atoms with van der Waals surface area (Å²) in [5, 5.41) is 0.533. The van der Waals surface area contributed by atoms with Crippen LogP contribution in [0.4, 0.5) is 0 Å². The first-order chi connectivity index (χ1) is 16.4. The minimum Gasteiger partial charge on any atom is -0.494 e. The second kappa shape index (κ2) is 8.49. The molecular weight excluding hydrogens is 426 g/mol. The summed E-state index contributed by atoms with van der Waals surface area (Å²) in [5.41, 5.74) is 5.53. The molecule has 5 heteroatoms. The van der Waals surface area contributed by atoms with E-state index in [-0.39, 0.29) is 17.1 Å². The third-order valence-corrected chi connectivity index (χ3v) is 6.39. The third kappa shape index (κ3) is 3.67. The zero-order valence-electron chi connectivity index (χ0n) is 19.8. The van der Waals surface area contributed by atoms with Gasteiger partial charge in [-0.2, -0.15) is 0 Å². The summed E-state index contributed by atoms with van der Waals surface area (Å²) in [6.45, 7) is 8.76. The van der Waals surface area contributed by atoms with Crippen LogP contribution in [0.15, 0.2) is 69.9 Å². The van der Waals surface area contributed by atoms with Gasteiger partial charge in [-0.15, -0.1) is 0 Å². The van der Waals surface area contributed by atoms with Crippen molar-refractivity contribution >= 4 is 16.9 Å². The van der Waals surface area contributed by atoms with Gasteiger partial charge in [0, 0.05) is 6.54 Å². The van der Waals surface area contributed by atoms with E-state index in [1.165, 1.54) is 0 Å². The van der Waals surface area contributed by atoms with Crippen molar-refractivity contribution in [1.82, 2.24) is 4.90 Å². The molecule has 0 bridgehead atoms. The number of ether oxygens (including phenoxy) is 1. The number of benzene rings is 3. The average Bonchev–Trinajstić information content (AvgIpc) is 3.07. The van der Waals surface area contributed by atoms with Gasteiger partial charge in [-0.05, 0) is 68.1 Å². The average molecular weight is 454 g/mol. The quantitative estimate of drug-likeness (QED) is 0.380. The molecule has 5 nitrogen and oxygen atoms in total. The van der Waals surface area contributed by atoms with E-state index in [2.05, 4.69) is 0 Å². The summed E-state index contributed by atoms with van der Waals surface area (Å²) in [6.07, 6.45) is 0. The number of hydrogen-bond acceptors (Lipinski definition) is 4. The lowest BCUT2D eigenvalue weighted by Gasteiger charge is -2.25. The molecular formula is C29H27NO4. The Morgan fingerprint density at radius 3 is 2.29 bits per heavy atom. The van der Waals surface area contributed by atoms with Crippen molar-refractivity contribution in [3.8, 4) is 5.75 Å². The Morgan fingerprint density at radius 2 is 1.62 bits per heavy atom. The van der Waals surface area contributed by atoms with Crippen molar-refractivity contribution < 1.29 is 13.9 Å². The van der Waals surface area contributed by atoms with E-state index in [4.69, 9.17) is 9.15 Å². The Bertz CT molecular complexity index is 1450. The molecule has 0 radical (unpaired) electrons. The molecule has 1 atom stereocenters. The molecule has 0 spiro atoms. The van der Waals surface area contributed by atoms with Crippen LogP contribution in [-0.2, 0) is 6.54 Å². The van der Waals surface area contributed by atoms with E-state index < -0.39 is 6.04 Å². The molecule has 5 rings (SSSR count). The molecule has 0 saturated carbocycles. The summed E-state index contributed by atoms with van der Waals surface area (Å²) in [4.78, 5) is 29.2. The van der Waals surface area contributed by atoms with Crippen LogP contribution >= 0.6 is 0 Å². The van der Waals surface area contributed by atoms with Crippen molar-refractivity contribution in [2.75, 3.05) is 6.61 Å². The first-order valence-corrected chi connectivity index (χ1v) is 11.5. The molecule has 1 amide bonds. The van der Waals surface area contributed by atoms with Crippen LogP contribution in [0.2, 0.25) is 0 Å². The van der Waals surface area contributed by atoms with Gasteiger partial charge in [0.15, 0.2) is 5.43 Å². The van der Waals surface area contributed by atoms with E-state index in [9.17, 15) is 9.59 Å². The van der Waals surface area contributed by atoms with Gasteiger partial charge in [0.2, 0.25) is 5.76 Å². The second-order valence-corrected chi connectivity index (χ2v) is 8.95. The Morgan fingerprint density at radius 1 is 0.912 bits per heavy atom. The zero-order valence-corrected chi connectivity index (χ0v) is 19.8. The van der Waals surface area contributed by atoms with Crippen molar-refractivity contribution in [3.05, 3.63) is 110 Å². The Hall–Kier alpha value is -3.86. The lowest BCUT2D eigenvalue weighted by atomic mass is 9.96. The largest absolute Gasteiger partial charge is 0.494 e. The van der Waals surface area contributed by atoms with E-state index in [1.54, 1.807) is 4.90 Å². The molecule has 1 aliphatic rings. The van der Waals surface area contributed by atoms with Crippen molar-refractivity contribution in [2.24, 2.45) is 0 Å². The van der Waals surface area contributed by atoms with Crippen molar-refractivity contribution in [2.45, 2.75) is 40.3 Å². The molecule has 2 heterocycles. The van der Waals surface area contributed by atoms with Crippen LogP contribution in [-0.4, -0.2) is 17.4 Å². The predicted octanol–water partition coefficient (Wildman–Crippen LogP) is 5.86. The highest BCUT2D eigenvalue weighted by atomic mass is 16.5. The fourth-order valence-corrected chi connectivity index (χ4v) is 4.83. The van der Waals surface area contributed by atoms with Gasteiger partial charge >= 0.3 is 0 Å². The lowest BCUT2D eigenvalue weighted by molar-refractivity contribution is 0.0714. The minimum atomic E-state index is -0.541. The summed E-state index contributed by atoms with van der Waals surface area (Å²) in [5.74, 6) is 0.610. The highest BCUT2D eigenvalue weighted by Crippen LogP contribution is 2.40. The molecule has 3 aromatic carbocycles.